The lowest BCUT2D eigenvalue weighted by molar-refractivity contribution is 0.0983. The van der Waals surface area contributed by atoms with Crippen molar-refractivity contribution in [2.45, 2.75) is 13.3 Å². The molecule has 0 aliphatic carbocycles. The van der Waals surface area contributed by atoms with Gasteiger partial charge in [-0.1, -0.05) is 0 Å². The van der Waals surface area contributed by atoms with E-state index >= 15 is 0 Å². The second kappa shape index (κ2) is 3.65. The topological polar surface area (TPSA) is 51.2 Å². The highest BCUT2D eigenvalue weighted by Gasteiger charge is 2.18. The number of carbonyl (C=O) groups excluding carboxylic acids is 1. The van der Waals surface area contributed by atoms with Gasteiger partial charge in [-0.2, -0.15) is 0 Å². The number of hydrogen-bond acceptors (Lipinski definition) is 4. The highest BCUT2D eigenvalue weighted by molar-refractivity contribution is 6.02. The summed E-state index contributed by atoms with van der Waals surface area (Å²) in [5.41, 5.74) is 0.641. The number of aromatic nitrogens is 1. The van der Waals surface area contributed by atoms with Gasteiger partial charge in [-0.15, -0.1) is 0 Å². The van der Waals surface area contributed by atoms with Gasteiger partial charge in [-0.25, -0.2) is 4.98 Å². The zero-order valence-electron chi connectivity index (χ0n) is 8.04. The third-order valence-corrected chi connectivity index (χ3v) is 2.12. The number of ether oxygens (including phenoxy) is 1. The minimum absolute atomic E-state index is 0.132. The number of carbonyl (C=O) groups is 1. The minimum atomic E-state index is 0.132. The molecule has 1 N–H and O–H groups in total. The van der Waals surface area contributed by atoms with E-state index in [1.54, 1.807) is 12.3 Å². The molecular weight excluding hydrogens is 180 g/mol. The van der Waals surface area contributed by atoms with Gasteiger partial charge in [0.15, 0.2) is 5.78 Å². The standard InChI is InChI=1S/C10H12N2O2/c1-2-14-7-5-8-9(13)3-4-11-10(8)12-6-7/h5-6H,2-4H2,1H3,(H,11,12). The van der Waals surface area contributed by atoms with Crippen molar-refractivity contribution in [3.63, 3.8) is 0 Å². The lowest BCUT2D eigenvalue weighted by atomic mass is 10.1. The molecule has 1 aliphatic rings. The Morgan fingerprint density at radius 3 is 3.29 bits per heavy atom. The van der Waals surface area contributed by atoms with Gasteiger partial charge in [0, 0.05) is 13.0 Å². The highest BCUT2D eigenvalue weighted by Crippen LogP contribution is 2.23. The molecule has 0 saturated heterocycles. The molecule has 14 heavy (non-hydrogen) atoms. The van der Waals surface area contributed by atoms with Crippen LogP contribution >= 0.6 is 0 Å². The molecule has 1 aromatic rings. The van der Waals surface area contributed by atoms with Crippen molar-refractivity contribution < 1.29 is 9.53 Å². The van der Waals surface area contributed by atoms with Crippen LogP contribution in [0, 0.1) is 0 Å². The third kappa shape index (κ3) is 1.55. The van der Waals surface area contributed by atoms with Crippen molar-refractivity contribution in [1.82, 2.24) is 4.98 Å². The molecule has 0 amide bonds. The van der Waals surface area contributed by atoms with E-state index in [2.05, 4.69) is 10.3 Å². The van der Waals surface area contributed by atoms with Crippen LogP contribution in [0.15, 0.2) is 12.3 Å². The van der Waals surface area contributed by atoms with Crippen LogP contribution in [-0.4, -0.2) is 23.9 Å². The molecule has 0 fully saturated rings. The fraction of sp³-hybridized carbons (Fsp3) is 0.400. The van der Waals surface area contributed by atoms with Crippen molar-refractivity contribution >= 4 is 11.6 Å². The van der Waals surface area contributed by atoms with Crippen LogP contribution in [0.5, 0.6) is 5.75 Å². The van der Waals surface area contributed by atoms with Crippen molar-refractivity contribution in [3.8, 4) is 5.75 Å². The van der Waals surface area contributed by atoms with E-state index < -0.39 is 0 Å². The van der Waals surface area contributed by atoms with Crippen molar-refractivity contribution in [1.29, 1.82) is 0 Å². The summed E-state index contributed by atoms with van der Waals surface area (Å²) < 4.78 is 5.28. The summed E-state index contributed by atoms with van der Waals surface area (Å²) >= 11 is 0. The largest absolute Gasteiger partial charge is 0.492 e. The molecular formula is C10H12N2O2. The maximum Gasteiger partial charge on any atom is 0.168 e. The maximum absolute atomic E-state index is 11.5. The van der Waals surface area contributed by atoms with Crippen molar-refractivity contribution in [2.24, 2.45) is 0 Å². The minimum Gasteiger partial charge on any atom is -0.492 e. The maximum atomic E-state index is 11.5. The first-order chi connectivity index (χ1) is 6.81. The van der Waals surface area contributed by atoms with Gasteiger partial charge in [0.1, 0.15) is 11.6 Å². The summed E-state index contributed by atoms with van der Waals surface area (Å²) in [6, 6.07) is 1.75. The number of fused-ring (bicyclic) bond motifs is 1. The summed E-state index contributed by atoms with van der Waals surface area (Å²) in [5, 5.41) is 3.07. The second-order valence-corrected chi connectivity index (χ2v) is 3.10. The van der Waals surface area contributed by atoms with Gasteiger partial charge in [-0.05, 0) is 13.0 Å². The Morgan fingerprint density at radius 2 is 2.50 bits per heavy atom. The Morgan fingerprint density at radius 1 is 1.64 bits per heavy atom. The van der Waals surface area contributed by atoms with Crippen LogP contribution in [0.1, 0.15) is 23.7 Å². The number of nitrogens with one attached hydrogen (secondary N) is 1. The van der Waals surface area contributed by atoms with Crippen LogP contribution in [0.3, 0.4) is 0 Å². The van der Waals surface area contributed by atoms with E-state index in [1.807, 2.05) is 6.92 Å². The summed E-state index contributed by atoms with van der Waals surface area (Å²) in [4.78, 5) is 15.6. The Labute approximate surface area is 82.3 Å². The SMILES string of the molecule is CCOc1cnc2c(c1)C(=O)CCN2. The Bertz CT molecular complexity index is 363. The number of nitrogens with zero attached hydrogens (tertiary/aromatic N) is 1. The molecule has 4 heteroatoms. The second-order valence-electron chi connectivity index (χ2n) is 3.10. The van der Waals surface area contributed by atoms with Crippen LogP contribution in [0.4, 0.5) is 5.82 Å². The van der Waals surface area contributed by atoms with E-state index in [-0.39, 0.29) is 5.78 Å². The molecule has 0 bridgehead atoms. The van der Waals surface area contributed by atoms with Gasteiger partial charge in [0.2, 0.25) is 0 Å². The number of rotatable bonds is 2. The van der Waals surface area contributed by atoms with E-state index in [9.17, 15) is 4.79 Å². The molecule has 1 aromatic heterocycles. The molecule has 0 atom stereocenters. The summed E-state index contributed by atoms with van der Waals surface area (Å²) in [6.07, 6.45) is 2.16. The Balaban J connectivity index is 2.36. The average molecular weight is 192 g/mol. The summed E-state index contributed by atoms with van der Waals surface area (Å²) in [6.45, 7) is 3.16. The van der Waals surface area contributed by atoms with Gasteiger partial charge in [0.05, 0.1) is 18.4 Å². The smallest absolute Gasteiger partial charge is 0.168 e. The lowest BCUT2D eigenvalue weighted by Crippen LogP contribution is -2.19. The molecule has 74 valence electrons. The van der Waals surface area contributed by atoms with Crippen LogP contribution in [-0.2, 0) is 0 Å². The molecule has 1 aliphatic heterocycles. The zero-order valence-corrected chi connectivity index (χ0v) is 8.04. The molecule has 0 saturated carbocycles. The van der Waals surface area contributed by atoms with Crippen molar-refractivity contribution in [2.75, 3.05) is 18.5 Å². The highest BCUT2D eigenvalue weighted by atomic mass is 16.5. The number of anilines is 1. The first-order valence-electron chi connectivity index (χ1n) is 4.71. The molecule has 0 aromatic carbocycles. The van der Waals surface area contributed by atoms with Crippen molar-refractivity contribution in [3.05, 3.63) is 17.8 Å². The lowest BCUT2D eigenvalue weighted by Gasteiger charge is -2.16. The number of Topliss-reactive ketones (excluding diaryl/α,β-unsaturated/α-hetero) is 1. The summed E-state index contributed by atoms with van der Waals surface area (Å²) in [7, 11) is 0. The number of ketones is 1. The molecule has 4 nitrogen and oxygen atoms in total. The van der Waals surface area contributed by atoms with E-state index in [4.69, 9.17) is 4.74 Å². The third-order valence-electron chi connectivity index (χ3n) is 2.12. The van der Waals surface area contributed by atoms with Gasteiger partial charge >= 0.3 is 0 Å². The quantitative estimate of drug-likeness (QED) is 0.771. The van der Waals surface area contributed by atoms with E-state index in [0.717, 1.165) is 0 Å². The first-order valence-corrected chi connectivity index (χ1v) is 4.71. The fourth-order valence-electron chi connectivity index (χ4n) is 1.47. The molecule has 0 radical (unpaired) electrons. The summed E-state index contributed by atoms with van der Waals surface area (Å²) in [5.74, 6) is 1.46. The normalized spacial score (nSPS) is 14.5. The van der Waals surface area contributed by atoms with Gasteiger partial charge in [-0.3, -0.25) is 4.79 Å². The number of pyridine rings is 1. The molecule has 0 unspecified atom stereocenters. The van der Waals surface area contributed by atoms with E-state index in [0.29, 0.717) is 36.7 Å². The van der Waals surface area contributed by atoms with Crippen LogP contribution in [0.2, 0.25) is 0 Å². The fourth-order valence-corrected chi connectivity index (χ4v) is 1.47. The van der Waals surface area contributed by atoms with Crippen LogP contribution in [0.25, 0.3) is 0 Å². The Hall–Kier alpha value is -1.58. The molecule has 2 rings (SSSR count). The van der Waals surface area contributed by atoms with Gasteiger partial charge in [0.25, 0.3) is 0 Å². The predicted molar refractivity (Wildman–Crippen MR) is 52.8 cm³/mol. The predicted octanol–water partition coefficient (Wildman–Crippen LogP) is 1.48. The van der Waals surface area contributed by atoms with E-state index in [1.165, 1.54) is 0 Å². The average Bonchev–Trinajstić information content (AvgIpc) is 2.20. The Kier molecular flexibility index (Phi) is 2.35. The molecule has 2 heterocycles. The first kappa shape index (κ1) is 8.99. The number of hydrogen-bond donors (Lipinski definition) is 1. The zero-order chi connectivity index (χ0) is 9.97. The van der Waals surface area contributed by atoms with Gasteiger partial charge < -0.3 is 10.1 Å². The molecule has 0 spiro atoms. The monoisotopic (exact) mass is 192 g/mol. The van der Waals surface area contributed by atoms with Crippen LogP contribution < -0.4 is 10.1 Å².